The van der Waals surface area contributed by atoms with Crippen molar-refractivity contribution in [1.29, 1.82) is 0 Å². The lowest BCUT2D eigenvalue weighted by atomic mass is 10.1. The lowest BCUT2D eigenvalue weighted by Gasteiger charge is -2.12. The smallest absolute Gasteiger partial charge is 0.262 e. The molecule has 0 saturated heterocycles. The minimum Gasteiger partial charge on any atom is -0.300 e. The Hall–Kier alpha value is -3.06. The number of aryl methyl sites for hydroxylation is 1. The molecule has 1 aromatic heterocycles. The number of benzene rings is 2. The average Bonchev–Trinajstić information content (AvgIpc) is 3.09. The molecule has 0 bridgehead atoms. The number of nitrogens with one attached hydrogen (secondary N) is 1. The van der Waals surface area contributed by atoms with Gasteiger partial charge in [-0.2, -0.15) is 0 Å². The van der Waals surface area contributed by atoms with Crippen LogP contribution in [0.1, 0.15) is 26.3 Å². The number of carbonyl (C=O) groups excluding carboxylic acids is 3. The van der Waals surface area contributed by atoms with E-state index in [0.717, 1.165) is 20.7 Å². The number of aromatic nitrogens is 1. The molecule has 7 heteroatoms. The lowest BCUT2D eigenvalue weighted by molar-refractivity contribution is -0.116. The van der Waals surface area contributed by atoms with Crippen LogP contribution in [0, 0.1) is 6.92 Å². The van der Waals surface area contributed by atoms with Crippen molar-refractivity contribution in [1.82, 2.24) is 9.88 Å². The molecule has 0 aliphatic carbocycles. The predicted octanol–water partition coefficient (Wildman–Crippen LogP) is 2.84. The van der Waals surface area contributed by atoms with Crippen LogP contribution in [0.25, 0.3) is 10.2 Å². The Kier molecular flexibility index (Phi) is 3.58. The molecule has 3 aromatic rings. The molecule has 1 aliphatic rings. The molecular formula is C18H13N3O3S. The van der Waals surface area contributed by atoms with Gasteiger partial charge in [-0.1, -0.05) is 29.5 Å². The Morgan fingerprint density at radius 3 is 2.48 bits per heavy atom. The monoisotopic (exact) mass is 351 g/mol. The van der Waals surface area contributed by atoms with Crippen LogP contribution in [0.3, 0.4) is 0 Å². The molecular weight excluding hydrogens is 338 g/mol. The molecule has 6 nitrogen and oxygen atoms in total. The molecule has 3 amide bonds. The summed E-state index contributed by atoms with van der Waals surface area (Å²) in [5, 5.41) is 3.11. The van der Waals surface area contributed by atoms with Gasteiger partial charge in [-0.05, 0) is 36.8 Å². The molecule has 1 aliphatic heterocycles. The predicted molar refractivity (Wildman–Crippen MR) is 94.8 cm³/mol. The van der Waals surface area contributed by atoms with E-state index in [1.807, 2.05) is 25.1 Å². The average molecular weight is 351 g/mol. The fraction of sp³-hybridized carbons (Fsp3) is 0.111. The third-order valence-electron chi connectivity index (χ3n) is 3.97. The van der Waals surface area contributed by atoms with Crippen molar-refractivity contribution in [3.63, 3.8) is 0 Å². The number of hydrogen-bond donors (Lipinski definition) is 1. The molecule has 4 rings (SSSR count). The van der Waals surface area contributed by atoms with Crippen molar-refractivity contribution in [2.75, 3.05) is 11.9 Å². The summed E-state index contributed by atoms with van der Waals surface area (Å²) in [6.07, 6.45) is 0. The fourth-order valence-corrected chi connectivity index (χ4v) is 3.75. The minimum absolute atomic E-state index is 0.329. The number of thiazole rings is 1. The zero-order chi connectivity index (χ0) is 17.6. The Balaban J connectivity index is 1.51. The zero-order valence-corrected chi connectivity index (χ0v) is 14.1. The molecule has 1 N–H and O–H groups in total. The van der Waals surface area contributed by atoms with E-state index in [0.29, 0.717) is 16.3 Å². The first-order valence-corrected chi connectivity index (χ1v) is 8.47. The number of hydrogen-bond acceptors (Lipinski definition) is 5. The van der Waals surface area contributed by atoms with Crippen LogP contribution >= 0.6 is 11.3 Å². The molecule has 2 heterocycles. The Morgan fingerprint density at radius 2 is 1.80 bits per heavy atom. The maximum Gasteiger partial charge on any atom is 0.262 e. The van der Waals surface area contributed by atoms with Crippen LogP contribution in [-0.2, 0) is 4.79 Å². The van der Waals surface area contributed by atoms with Gasteiger partial charge in [0.05, 0.1) is 21.3 Å². The molecule has 124 valence electrons. The minimum atomic E-state index is -0.453. The number of anilines is 1. The number of rotatable bonds is 3. The van der Waals surface area contributed by atoms with Crippen molar-refractivity contribution >= 4 is 44.4 Å². The standard InChI is InChI=1S/C18H13N3O3S/c1-10-6-7-13-14(8-10)25-18(19-13)20-15(22)9-21-16(23)11-4-2-3-5-12(11)17(21)24/h2-8H,9H2,1H3,(H,19,20,22). The van der Waals surface area contributed by atoms with Crippen molar-refractivity contribution in [3.8, 4) is 0 Å². The third kappa shape index (κ3) is 2.68. The van der Waals surface area contributed by atoms with Gasteiger partial charge >= 0.3 is 0 Å². The third-order valence-corrected chi connectivity index (χ3v) is 4.90. The van der Waals surface area contributed by atoms with E-state index in [1.54, 1.807) is 24.3 Å². The van der Waals surface area contributed by atoms with E-state index < -0.39 is 17.7 Å². The van der Waals surface area contributed by atoms with Crippen LogP contribution in [0.2, 0.25) is 0 Å². The topological polar surface area (TPSA) is 79.4 Å². The molecule has 2 aromatic carbocycles. The van der Waals surface area contributed by atoms with Gasteiger partial charge in [0.15, 0.2) is 5.13 Å². The molecule has 25 heavy (non-hydrogen) atoms. The first kappa shape index (κ1) is 15.5. The molecule has 0 saturated carbocycles. The molecule has 0 unspecified atom stereocenters. The summed E-state index contributed by atoms with van der Waals surface area (Å²) in [5.74, 6) is -1.35. The van der Waals surface area contributed by atoms with Gasteiger partial charge in [0, 0.05) is 0 Å². The highest BCUT2D eigenvalue weighted by Crippen LogP contribution is 2.27. The summed E-state index contributed by atoms with van der Waals surface area (Å²) in [4.78, 5) is 42.1. The van der Waals surface area contributed by atoms with Crippen LogP contribution in [0.5, 0.6) is 0 Å². The highest BCUT2D eigenvalue weighted by Gasteiger charge is 2.36. The number of amides is 3. The summed E-state index contributed by atoms with van der Waals surface area (Å²) >= 11 is 1.36. The van der Waals surface area contributed by atoms with Crippen LogP contribution in [0.15, 0.2) is 42.5 Å². The van der Waals surface area contributed by atoms with Gasteiger partial charge in [0.25, 0.3) is 11.8 Å². The summed E-state index contributed by atoms with van der Waals surface area (Å²) in [6.45, 7) is 1.65. The highest BCUT2D eigenvalue weighted by molar-refractivity contribution is 7.22. The molecule has 0 spiro atoms. The first-order chi connectivity index (χ1) is 12.0. The number of carbonyl (C=O) groups is 3. The van der Waals surface area contributed by atoms with Gasteiger partial charge in [-0.3, -0.25) is 19.3 Å². The van der Waals surface area contributed by atoms with Gasteiger partial charge < -0.3 is 5.32 Å². The molecule has 0 atom stereocenters. The van der Waals surface area contributed by atoms with Gasteiger partial charge in [-0.25, -0.2) is 4.98 Å². The summed E-state index contributed by atoms with van der Waals surface area (Å²) in [6, 6.07) is 12.4. The first-order valence-electron chi connectivity index (χ1n) is 7.65. The number of fused-ring (bicyclic) bond motifs is 2. The van der Waals surface area contributed by atoms with Crippen molar-refractivity contribution in [2.45, 2.75) is 6.92 Å². The van der Waals surface area contributed by atoms with Gasteiger partial charge in [0.2, 0.25) is 5.91 Å². The fourth-order valence-electron chi connectivity index (χ4n) is 2.77. The number of nitrogens with zero attached hydrogens (tertiary/aromatic N) is 2. The van der Waals surface area contributed by atoms with Crippen LogP contribution in [-0.4, -0.2) is 34.2 Å². The highest BCUT2D eigenvalue weighted by atomic mass is 32.1. The van der Waals surface area contributed by atoms with Crippen LogP contribution < -0.4 is 5.32 Å². The zero-order valence-electron chi connectivity index (χ0n) is 13.3. The normalized spacial score (nSPS) is 13.4. The van der Waals surface area contributed by atoms with Crippen molar-refractivity contribution in [3.05, 3.63) is 59.2 Å². The number of imide groups is 1. The van der Waals surface area contributed by atoms with E-state index in [2.05, 4.69) is 10.3 Å². The second kappa shape index (κ2) is 5.78. The maximum absolute atomic E-state index is 12.3. The van der Waals surface area contributed by atoms with Crippen molar-refractivity contribution < 1.29 is 14.4 Å². The maximum atomic E-state index is 12.3. The Labute approximate surface area is 147 Å². The second-order valence-electron chi connectivity index (χ2n) is 5.78. The van der Waals surface area contributed by atoms with Crippen LogP contribution in [0.4, 0.5) is 5.13 Å². The summed E-state index contributed by atoms with van der Waals surface area (Å²) < 4.78 is 0.969. The Morgan fingerprint density at radius 1 is 1.12 bits per heavy atom. The summed E-state index contributed by atoms with van der Waals surface area (Å²) in [5.41, 5.74) is 2.57. The molecule has 0 radical (unpaired) electrons. The van der Waals surface area contributed by atoms with Gasteiger partial charge in [-0.15, -0.1) is 0 Å². The SMILES string of the molecule is Cc1ccc2nc(NC(=O)CN3C(=O)c4ccccc4C3=O)sc2c1. The summed E-state index contributed by atoms with van der Waals surface area (Å²) in [7, 11) is 0. The second-order valence-corrected chi connectivity index (χ2v) is 6.81. The lowest BCUT2D eigenvalue weighted by Crippen LogP contribution is -2.37. The quantitative estimate of drug-likeness (QED) is 0.736. The van der Waals surface area contributed by atoms with E-state index in [1.165, 1.54) is 11.3 Å². The molecule has 0 fully saturated rings. The Bertz CT molecular complexity index is 1010. The largest absolute Gasteiger partial charge is 0.300 e. The van der Waals surface area contributed by atoms with E-state index in [9.17, 15) is 14.4 Å². The van der Waals surface area contributed by atoms with Gasteiger partial charge in [0.1, 0.15) is 6.54 Å². The van der Waals surface area contributed by atoms with E-state index >= 15 is 0 Å². The van der Waals surface area contributed by atoms with E-state index in [-0.39, 0.29) is 6.54 Å². The van der Waals surface area contributed by atoms with Crippen molar-refractivity contribution in [2.24, 2.45) is 0 Å². The van der Waals surface area contributed by atoms with E-state index in [4.69, 9.17) is 0 Å².